The predicted octanol–water partition coefficient (Wildman–Crippen LogP) is 2.76. The van der Waals surface area contributed by atoms with Gasteiger partial charge in [0.2, 0.25) is 0 Å². The highest BCUT2D eigenvalue weighted by Gasteiger charge is 2.24. The Kier molecular flexibility index (Phi) is 5.35. The van der Waals surface area contributed by atoms with E-state index in [0.29, 0.717) is 11.3 Å². The van der Waals surface area contributed by atoms with Crippen molar-refractivity contribution < 1.29 is 9.47 Å². The van der Waals surface area contributed by atoms with Crippen LogP contribution in [0.15, 0.2) is 0 Å². The molecular weight excluding hydrogens is 274 g/mol. The molecule has 1 fully saturated rings. The van der Waals surface area contributed by atoms with Gasteiger partial charge in [0.25, 0.3) is 5.19 Å². The third-order valence-electron chi connectivity index (χ3n) is 3.40. The Bertz CT molecular complexity index is 417. The number of rotatable bonds is 5. The minimum absolute atomic E-state index is 0.0851. The molecular formula is C14H25N3O2S. The average molecular weight is 299 g/mol. The monoisotopic (exact) mass is 299 g/mol. The van der Waals surface area contributed by atoms with Gasteiger partial charge >= 0.3 is 0 Å². The van der Waals surface area contributed by atoms with Crippen molar-refractivity contribution in [3.63, 3.8) is 0 Å². The number of ether oxygens (including phenoxy) is 2. The van der Waals surface area contributed by atoms with E-state index in [0.717, 1.165) is 37.2 Å². The topological polar surface area (TPSA) is 56.3 Å². The van der Waals surface area contributed by atoms with Crippen LogP contribution in [0.1, 0.15) is 51.5 Å². The summed E-state index contributed by atoms with van der Waals surface area (Å²) < 4.78 is 11.4. The van der Waals surface area contributed by atoms with Gasteiger partial charge in [0, 0.05) is 19.1 Å². The molecule has 0 bridgehead atoms. The van der Waals surface area contributed by atoms with Gasteiger partial charge in [-0.05, 0) is 40.0 Å². The van der Waals surface area contributed by atoms with Crippen LogP contribution in [-0.4, -0.2) is 35.1 Å². The summed E-state index contributed by atoms with van der Waals surface area (Å²) in [6.07, 6.45) is 4.85. The standard InChI is InChI=1S/C14H25N3O2S/c1-14(2,3)15-9-12-16-17-13(20-12)19-11-7-5-6-10(8-11)18-4/h10-11,15H,5-9H2,1-4H3. The van der Waals surface area contributed by atoms with Crippen molar-refractivity contribution in [2.45, 2.75) is 70.7 Å². The summed E-state index contributed by atoms with van der Waals surface area (Å²) in [4.78, 5) is 0. The molecule has 5 nitrogen and oxygen atoms in total. The van der Waals surface area contributed by atoms with Crippen molar-refractivity contribution >= 4 is 11.3 Å². The molecule has 1 aliphatic carbocycles. The van der Waals surface area contributed by atoms with Gasteiger partial charge in [0.15, 0.2) is 0 Å². The fraction of sp³-hybridized carbons (Fsp3) is 0.857. The maximum Gasteiger partial charge on any atom is 0.294 e. The highest BCUT2D eigenvalue weighted by atomic mass is 32.1. The Morgan fingerprint density at radius 3 is 2.70 bits per heavy atom. The van der Waals surface area contributed by atoms with E-state index in [1.807, 2.05) is 0 Å². The van der Waals surface area contributed by atoms with Crippen LogP contribution in [0.5, 0.6) is 5.19 Å². The van der Waals surface area contributed by atoms with Crippen molar-refractivity contribution in [1.82, 2.24) is 15.5 Å². The second-order valence-corrected chi connectivity index (χ2v) is 7.35. The fourth-order valence-corrected chi connectivity index (χ4v) is 2.96. The molecule has 2 unspecified atom stereocenters. The predicted molar refractivity (Wildman–Crippen MR) is 80.2 cm³/mol. The number of hydrogen-bond donors (Lipinski definition) is 1. The summed E-state index contributed by atoms with van der Waals surface area (Å²) in [5.74, 6) is 0. The van der Waals surface area contributed by atoms with E-state index in [2.05, 4.69) is 36.3 Å². The van der Waals surface area contributed by atoms with Crippen LogP contribution in [0.25, 0.3) is 0 Å². The Balaban J connectivity index is 1.83. The minimum Gasteiger partial charge on any atom is -0.466 e. The van der Waals surface area contributed by atoms with Gasteiger partial charge < -0.3 is 14.8 Å². The van der Waals surface area contributed by atoms with Crippen LogP contribution in [0.3, 0.4) is 0 Å². The number of nitrogens with zero attached hydrogens (tertiary/aromatic N) is 2. The summed E-state index contributed by atoms with van der Waals surface area (Å²) in [7, 11) is 1.77. The molecule has 0 spiro atoms. The van der Waals surface area contributed by atoms with E-state index < -0.39 is 0 Å². The van der Waals surface area contributed by atoms with Gasteiger partial charge in [-0.1, -0.05) is 16.4 Å². The molecule has 1 aliphatic rings. The van der Waals surface area contributed by atoms with Crippen LogP contribution in [-0.2, 0) is 11.3 Å². The molecule has 0 aromatic carbocycles. The summed E-state index contributed by atoms with van der Waals surface area (Å²) in [6.45, 7) is 7.14. The third kappa shape index (κ3) is 5.00. The summed E-state index contributed by atoms with van der Waals surface area (Å²) in [5, 5.41) is 13.3. The molecule has 1 N–H and O–H groups in total. The van der Waals surface area contributed by atoms with Crippen LogP contribution in [0, 0.1) is 0 Å². The quantitative estimate of drug-likeness (QED) is 0.906. The van der Waals surface area contributed by atoms with Gasteiger partial charge in [0.1, 0.15) is 11.1 Å². The number of hydrogen-bond acceptors (Lipinski definition) is 6. The zero-order chi connectivity index (χ0) is 14.6. The Morgan fingerprint density at radius 2 is 2.00 bits per heavy atom. The van der Waals surface area contributed by atoms with E-state index in [1.165, 1.54) is 11.3 Å². The first-order valence-electron chi connectivity index (χ1n) is 7.23. The van der Waals surface area contributed by atoms with Gasteiger partial charge in [-0.3, -0.25) is 0 Å². The molecule has 20 heavy (non-hydrogen) atoms. The number of aromatic nitrogens is 2. The first-order valence-corrected chi connectivity index (χ1v) is 8.05. The van der Waals surface area contributed by atoms with Crippen molar-refractivity contribution in [3.8, 4) is 5.19 Å². The van der Waals surface area contributed by atoms with Crippen molar-refractivity contribution in [3.05, 3.63) is 5.01 Å². The fourth-order valence-electron chi connectivity index (χ4n) is 2.26. The normalized spacial score (nSPS) is 23.8. The molecule has 0 aliphatic heterocycles. The highest BCUT2D eigenvalue weighted by molar-refractivity contribution is 7.13. The van der Waals surface area contributed by atoms with Crippen molar-refractivity contribution in [2.24, 2.45) is 0 Å². The van der Waals surface area contributed by atoms with Crippen molar-refractivity contribution in [2.75, 3.05) is 7.11 Å². The van der Waals surface area contributed by atoms with E-state index >= 15 is 0 Å². The molecule has 1 saturated carbocycles. The van der Waals surface area contributed by atoms with E-state index in [-0.39, 0.29) is 11.6 Å². The zero-order valence-corrected chi connectivity index (χ0v) is 13.6. The lowest BCUT2D eigenvalue weighted by atomic mass is 9.95. The second-order valence-electron chi connectivity index (χ2n) is 6.33. The number of methoxy groups -OCH3 is 1. The second kappa shape index (κ2) is 6.83. The molecule has 2 atom stereocenters. The van der Waals surface area contributed by atoms with Gasteiger partial charge in [-0.2, -0.15) is 0 Å². The summed E-state index contributed by atoms with van der Waals surface area (Å²) in [5.41, 5.74) is 0.0851. The van der Waals surface area contributed by atoms with Crippen LogP contribution >= 0.6 is 11.3 Å². The lowest BCUT2D eigenvalue weighted by Crippen LogP contribution is -2.35. The van der Waals surface area contributed by atoms with Gasteiger partial charge in [0.05, 0.1) is 12.6 Å². The lowest BCUT2D eigenvalue weighted by Gasteiger charge is -2.27. The molecule has 0 radical (unpaired) electrons. The third-order valence-corrected chi connectivity index (χ3v) is 4.21. The molecule has 114 valence electrons. The smallest absolute Gasteiger partial charge is 0.294 e. The molecule has 6 heteroatoms. The minimum atomic E-state index is 0.0851. The first-order chi connectivity index (χ1) is 9.46. The molecule has 2 rings (SSSR count). The molecule has 1 aromatic heterocycles. The van der Waals surface area contributed by atoms with Crippen LogP contribution in [0.4, 0.5) is 0 Å². The van der Waals surface area contributed by atoms with Gasteiger partial charge in [-0.15, -0.1) is 5.10 Å². The molecule has 0 saturated heterocycles. The highest BCUT2D eigenvalue weighted by Crippen LogP contribution is 2.27. The Hall–Kier alpha value is -0.720. The van der Waals surface area contributed by atoms with Crippen LogP contribution < -0.4 is 10.1 Å². The van der Waals surface area contributed by atoms with Gasteiger partial charge in [-0.25, -0.2) is 0 Å². The maximum atomic E-state index is 5.94. The zero-order valence-electron chi connectivity index (χ0n) is 12.8. The van der Waals surface area contributed by atoms with Crippen LogP contribution in [0.2, 0.25) is 0 Å². The molecule has 1 aromatic rings. The largest absolute Gasteiger partial charge is 0.466 e. The molecule has 0 amide bonds. The molecule has 1 heterocycles. The average Bonchev–Trinajstić information content (AvgIpc) is 2.83. The lowest BCUT2D eigenvalue weighted by molar-refractivity contribution is 0.0207. The Morgan fingerprint density at radius 1 is 1.25 bits per heavy atom. The summed E-state index contributed by atoms with van der Waals surface area (Å²) in [6, 6.07) is 0. The Labute approximate surface area is 125 Å². The SMILES string of the molecule is COC1CCCC(Oc2nnc(CNC(C)(C)C)s2)C1. The maximum absolute atomic E-state index is 5.94. The van der Waals surface area contributed by atoms with E-state index in [1.54, 1.807) is 7.11 Å². The first kappa shape index (κ1) is 15.7. The van der Waals surface area contributed by atoms with E-state index in [9.17, 15) is 0 Å². The van der Waals surface area contributed by atoms with E-state index in [4.69, 9.17) is 9.47 Å². The number of nitrogens with one attached hydrogen (secondary N) is 1. The summed E-state index contributed by atoms with van der Waals surface area (Å²) >= 11 is 1.53. The van der Waals surface area contributed by atoms with Crippen molar-refractivity contribution in [1.29, 1.82) is 0 Å².